The van der Waals surface area contributed by atoms with Gasteiger partial charge in [-0.2, -0.15) is 0 Å². The summed E-state index contributed by atoms with van der Waals surface area (Å²) in [4.78, 5) is 63.9. The number of halogens is 1. The van der Waals surface area contributed by atoms with Crippen LogP contribution in [0, 0.1) is 16.0 Å². The van der Waals surface area contributed by atoms with E-state index in [0.29, 0.717) is 15.7 Å². The maximum Gasteiger partial charge on any atom is 0.421 e. The average molecular weight is 604 g/mol. The van der Waals surface area contributed by atoms with Crippen molar-refractivity contribution in [2.24, 2.45) is 5.92 Å². The van der Waals surface area contributed by atoms with Gasteiger partial charge in [-0.3, -0.25) is 19.7 Å². The Morgan fingerprint density at radius 1 is 1.15 bits per heavy atom. The van der Waals surface area contributed by atoms with Crippen LogP contribution in [0.4, 0.5) is 16.2 Å². The number of rotatable bonds is 6. The predicted octanol–water partition coefficient (Wildman–Crippen LogP) is 5.30. The minimum absolute atomic E-state index is 0.0463. The van der Waals surface area contributed by atoms with Gasteiger partial charge in [0.25, 0.3) is 0 Å². The summed E-state index contributed by atoms with van der Waals surface area (Å²) in [6.45, 7) is 6.29. The number of hydrogen-bond donors (Lipinski definition) is 1. The second kappa shape index (κ2) is 12.4. The first-order chi connectivity index (χ1) is 18.3. The summed E-state index contributed by atoms with van der Waals surface area (Å²) in [5, 5.41) is 14.5. The lowest BCUT2D eigenvalue weighted by atomic mass is 9.80. The van der Waals surface area contributed by atoms with Crippen LogP contribution in [0.3, 0.4) is 0 Å². The Bertz CT molecular complexity index is 1270. The molecule has 1 aliphatic heterocycles. The molecule has 0 saturated carbocycles. The second-order valence-corrected chi connectivity index (χ2v) is 10.9. The molecule has 12 heteroatoms. The lowest BCUT2D eigenvalue weighted by molar-refractivity contribution is -0.484. The molecule has 2 atom stereocenters. The number of amides is 3. The molecule has 0 unspecified atom stereocenters. The minimum atomic E-state index is -0.974. The van der Waals surface area contributed by atoms with E-state index in [9.17, 15) is 29.3 Å². The van der Waals surface area contributed by atoms with Gasteiger partial charge >= 0.3 is 12.1 Å². The Morgan fingerprint density at radius 2 is 1.82 bits per heavy atom. The highest BCUT2D eigenvalue weighted by molar-refractivity contribution is 9.10. The van der Waals surface area contributed by atoms with Crippen LogP contribution in [0.1, 0.15) is 62.4 Å². The number of hydrogen-bond acceptors (Lipinski definition) is 8. The van der Waals surface area contributed by atoms with Gasteiger partial charge in [0.1, 0.15) is 5.60 Å². The Kier molecular flexibility index (Phi) is 9.44. The van der Waals surface area contributed by atoms with Gasteiger partial charge in [-0.05, 0) is 82.1 Å². The monoisotopic (exact) mass is 603 g/mol. The van der Waals surface area contributed by atoms with Crippen LogP contribution in [-0.2, 0) is 19.1 Å². The van der Waals surface area contributed by atoms with Crippen molar-refractivity contribution in [3.8, 4) is 0 Å². The molecular weight excluding hydrogens is 574 g/mol. The van der Waals surface area contributed by atoms with E-state index in [1.807, 2.05) is 0 Å². The first kappa shape index (κ1) is 29.8. The third-order valence-corrected chi connectivity index (χ3v) is 6.45. The fourth-order valence-electron chi connectivity index (χ4n) is 4.32. The van der Waals surface area contributed by atoms with Gasteiger partial charge in [-0.25, -0.2) is 14.5 Å². The lowest BCUT2D eigenvalue weighted by Gasteiger charge is -2.33. The molecule has 1 N–H and O–H groups in total. The Morgan fingerprint density at radius 3 is 2.41 bits per heavy atom. The Labute approximate surface area is 234 Å². The molecule has 0 fully saturated rings. The molecule has 208 valence electrons. The van der Waals surface area contributed by atoms with Gasteiger partial charge in [0.2, 0.25) is 18.4 Å². The fraction of sp³-hybridized carbons (Fsp3) is 0.407. The van der Waals surface area contributed by atoms with Gasteiger partial charge in [-0.15, -0.1) is 0 Å². The molecule has 0 aliphatic carbocycles. The maximum atomic E-state index is 13.5. The van der Waals surface area contributed by atoms with Crippen LogP contribution in [0.15, 0.2) is 46.9 Å². The van der Waals surface area contributed by atoms with Gasteiger partial charge in [-0.1, -0.05) is 15.9 Å². The third kappa shape index (κ3) is 7.62. The van der Waals surface area contributed by atoms with E-state index < -0.39 is 52.8 Å². The molecule has 39 heavy (non-hydrogen) atoms. The van der Waals surface area contributed by atoms with Crippen molar-refractivity contribution in [2.45, 2.75) is 52.1 Å². The number of nitrogens with one attached hydrogen (secondary N) is 1. The number of benzene rings is 2. The minimum Gasteiger partial charge on any atom is -0.462 e. The summed E-state index contributed by atoms with van der Waals surface area (Å²) in [5.41, 5.74) is 0.198. The Balaban J connectivity index is 2.01. The van der Waals surface area contributed by atoms with Crippen molar-refractivity contribution >= 4 is 51.2 Å². The number of anilines is 2. The standard InChI is InChI=1S/C27H30BrN3O8/c1-5-38-25(34)16-6-9-18(10-7-16)29-24(33)19-11-13-23(32)31(26(35)39-27(2,3)4)22-12-8-17(28)14-20(22)21(19)15-30(36)37/h6-10,12,14,19,21H,5,11,13,15H2,1-4H3,(H,29,33)/t19-,21+/m0/s1. The van der Waals surface area contributed by atoms with Crippen LogP contribution in [-0.4, -0.2) is 47.6 Å². The molecule has 0 spiro atoms. The molecule has 0 bridgehead atoms. The summed E-state index contributed by atoms with van der Waals surface area (Å²) in [6, 6.07) is 10.7. The van der Waals surface area contributed by atoms with Crippen LogP contribution < -0.4 is 10.2 Å². The zero-order chi connectivity index (χ0) is 28.9. The topological polar surface area (TPSA) is 145 Å². The highest BCUT2D eigenvalue weighted by atomic mass is 79.9. The Hall–Kier alpha value is -3.80. The molecule has 1 aliphatic rings. The van der Waals surface area contributed by atoms with E-state index in [-0.39, 0.29) is 30.7 Å². The van der Waals surface area contributed by atoms with E-state index in [1.54, 1.807) is 39.8 Å². The smallest absolute Gasteiger partial charge is 0.421 e. The molecular formula is C27H30BrN3O8. The summed E-state index contributed by atoms with van der Waals surface area (Å²) in [6.07, 6.45) is -1.17. The number of fused-ring (bicyclic) bond motifs is 1. The summed E-state index contributed by atoms with van der Waals surface area (Å²) < 4.78 is 11.0. The van der Waals surface area contributed by atoms with E-state index in [0.717, 1.165) is 4.90 Å². The van der Waals surface area contributed by atoms with Crippen molar-refractivity contribution in [1.82, 2.24) is 0 Å². The van der Waals surface area contributed by atoms with E-state index in [2.05, 4.69) is 21.2 Å². The van der Waals surface area contributed by atoms with Crippen molar-refractivity contribution < 1.29 is 33.6 Å². The van der Waals surface area contributed by atoms with E-state index in [1.165, 1.54) is 30.3 Å². The average Bonchev–Trinajstić information content (AvgIpc) is 2.83. The van der Waals surface area contributed by atoms with Crippen molar-refractivity contribution in [1.29, 1.82) is 0 Å². The zero-order valence-electron chi connectivity index (χ0n) is 22.1. The molecule has 0 aromatic heterocycles. The van der Waals surface area contributed by atoms with E-state index in [4.69, 9.17) is 9.47 Å². The number of esters is 1. The van der Waals surface area contributed by atoms with Gasteiger partial charge in [0.15, 0.2) is 0 Å². The van der Waals surface area contributed by atoms with Crippen molar-refractivity contribution in [3.05, 3.63) is 68.2 Å². The number of ether oxygens (including phenoxy) is 2. The molecule has 3 rings (SSSR count). The maximum absolute atomic E-state index is 13.5. The third-order valence-electron chi connectivity index (χ3n) is 5.96. The molecule has 3 amide bonds. The molecule has 0 radical (unpaired) electrons. The number of imide groups is 1. The number of carbonyl (C=O) groups excluding carboxylic acids is 4. The first-order valence-corrected chi connectivity index (χ1v) is 13.1. The van der Waals surface area contributed by atoms with Crippen LogP contribution in [0.5, 0.6) is 0 Å². The largest absolute Gasteiger partial charge is 0.462 e. The fourth-order valence-corrected chi connectivity index (χ4v) is 4.69. The normalized spacial score (nSPS) is 17.4. The molecule has 11 nitrogen and oxygen atoms in total. The van der Waals surface area contributed by atoms with Gasteiger partial charge < -0.3 is 14.8 Å². The molecule has 2 aromatic carbocycles. The van der Waals surface area contributed by atoms with Crippen LogP contribution >= 0.6 is 15.9 Å². The quantitative estimate of drug-likeness (QED) is 0.266. The van der Waals surface area contributed by atoms with E-state index >= 15 is 0 Å². The summed E-state index contributed by atoms with van der Waals surface area (Å²) in [7, 11) is 0. The van der Waals surface area contributed by atoms with Crippen molar-refractivity contribution in [3.63, 3.8) is 0 Å². The highest BCUT2D eigenvalue weighted by Gasteiger charge is 2.41. The molecule has 2 aromatic rings. The number of carbonyl (C=O) groups is 4. The zero-order valence-corrected chi connectivity index (χ0v) is 23.6. The van der Waals surface area contributed by atoms with Gasteiger partial charge in [0, 0.05) is 21.5 Å². The predicted molar refractivity (Wildman–Crippen MR) is 146 cm³/mol. The highest BCUT2D eigenvalue weighted by Crippen LogP contribution is 2.40. The van der Waals surface area contributed by atoms with Crippen LogP contribution in [0.25, 0.3) is 0 Å². The lowest BCUT2D eigenvalue weighted by Crippen LogP contribution is -2.44. The second-order valence-electron chi connectivity index (χ2n) is 9.97. The molecule has 1 heterocycles. The molecule has 0 saturated heterocycles. The number of nitro groups is 1. The SMILES string of the molecule is CCOC(=O)c1ccc(NC(=O)[C@H]2CCC(=O)N(C(=O)OC(C)(C)C)c3ccc(Br)cc3[C@@H]2C[N+](=O)[O-])cc1. The summed E-state index contributed by atoms with van der Waals surface area (Å²) >= 11 is 3.36. The van der Waals surface area contributed by atoms with Crippen molar-refractivity contribution in [2.75, 3.05) is 23.4 Å². The van der Waals surface area contributed by atoms with Gasteiger partial charge in [0.05, 0.1) is 29.7 Å². The van der Waals surface area contributed by atoms with Crippen LogP contribution in [0.2, 0.25) is 0 Å². The number of nitrogens with zero attached hydrogens (tertiary/aromatic N) is 2. The first-order valence-electron chi connectivity index (χ1n) is 12.4. The summed E-state index contributed by atoms with van der Waals surface area (Å²) in [5.74, 6) is -3.57.